The van der Waals surface area contributed by atoms with Gasteiger partial charge in [0, 0.05) is 28.5 Å². The number of hydrogen-bond donors (Lipinski definition) is 1. The molecule has 0 amide bonds. The molecule has 0 radical (unpaired) electrons. The van der Waals surface area contributed by atoms with E-state index in [-0.39, 0.29) is 0 Å². The maximum absolute atomic E-state index is 6.30. The molecule has 3 nitrogen and oxygen atoms in total. The lowest BCUT2D eigenvalue weighted by molar-refractivity contribution is 0.603. The number of benzene rings is 7. The van der Waals surface area contributed by atoms with Gasteiger partial charge in [-0.2, -0.15) is 0 Å². The summed E-state index contributed by atoms with van der Waals surface area (Å²) >= 11 is 0. The van der Waals surface area contributed by atoms with Gasteiger partial charge in [0.1, 0.15) is 5.58 Å². The summed E-state index contributed by atoms with van der Waals surface area (Å²) in [5, 5.41) is 9.77. The van der Waals surface area contributed by atoms with Gasteiger partial charge in [0.25, 0.3) is 0 Å². The molecule has 9 rings (SSSR count). The summed E-state index contributed by atoms with van der Waals surface area (Å²) in [5.41, 5.74) is 10.0. The summed E-state index contributed by atoms with van der Waals surface area (Å²) in [6.45, 7) is 0.676. The van der Waals surface area contributed by atoms with Crippen molar-refractivity contribution < 1.29 is 4.42 Å². The summed E-state index contributed by atoms with van der Waals surface area (Å²) in [4.78, 5) is 2.33. The first-order valence-corrected chi connectivity index (χ1v) is 15.7. The first kappa shape index (κ1) is 26.4. The molecular formula is C43H30N2O. The number of para-hydroxylation sites is 1. The molecule has 0 unspecified atom stereocenters. The van der Waals surface area contributed by atoms with Crippen molar-refractivity contribution in [2.24, 2.45) is 0 Å². The van der Waals surface area contributed by atoms with Crippen LogP contribution in [0.5, 0.6) is 0 Å². The van der Waals surface area contributed by atoms with Crippen molar-refractivity contribution >= 4 is 55.7 Å². The topological polar surface area (TPSA) is 28.4 Å². The van der Waals surface area contributed by atoms with Gasteiger partial charge in [0.2, 0.25) is 0 Å². The van der Waals surface area contributed by atoms with Crippen LogP contribution in [0.2, 0.25) is 0 Å². The van der Waals surface area contributed by atoms with Gasteiger partial charge in [-0.05, 0) is 92.3 Å². The summed E-state index contributed by atoms with van der Waals surface area (Å²) < 4.78 is 6.30. The third kappa shape index (κ3) is 4.61. The Hall–Kier alpha value is -6.06. The Morgan fingerprint density at radius 1 is 0.478 bits per heavy atom. The fourth-order valence-corrected chi connectivity index (χ4v) is 6.70. The van der Waals surface area contributed by atoms with Gasteiger partial charge < -0.3 is 14.6 Å². The lowest BCUT2D eigenvalue weighted by Crippen LogP contribution is -2.24. The Labute approximate surface area is 267 Å². The monoisotopic (exact) mass is 590 g/mol. The van der Waals surface area contributed by atoms with Crippen molar-refractivity contribution in [2.45, 2.75) is 0 Å². The molecule has 218 valence electrons. The van der Waals surface area contributed by atoms with Crippen LogP contribution in [0.1, 0.15) is 5.76 Å². The highest BCUT2D eigenvalue weighted by Gasteiger charge is 2.23. The summed E-state index contributed by atoms with van der Waals surface area (Å²) in [6.07, 6.45) is 2.18. The van der Waals surface area contributed by atoms with E-state index in [1.54, 1.807) is 0 Å². The smallest absolute Gasteiger partial charge is 0.153 e. The van der Waals surface area contributed by atoms with E-state index in [1.165, 1.54) is 43.8 Å². The van der Waals surface area contributed by atoms with E-state index >= 15 is 0 Å². The molecule has 0 saturated heterocycles. The molecule has 2 heterocycles. The lowest BCUT2D eigenvalue weighted by atomic mass is 10.00. The van der Waals surface area contributed by atoms with Gasteiger partial charge in [0.15, 0.2) is 5.76 Å². The van der Waals surface area contributed by atoms with Crippen LogP contribution in [0.4, 0.5) is 17.1 Å². The minimum atomic E-state index is 0.676. The molecule has 1 aliphatic rings. The predicted octanol–water partition coefficient (Wildman–Crippen LogP) is 11.7. The van der Waals surface area contributed by atoms with Gasteiger partial charge in [-0.25, -0.2) is 0 Å². The number of rotatable bonds is 5. The van der Waals surface area contributed by atoms with Crippen molar-refractivity contribution in [3.05, 3.63) is 169 Å². The average Bonchev–Trinajstić information content (AvgIpc) is 3.50. The molecule has 8 aromatic rings. The Kier molecular flexibility index (Phi) is 6.20. The molecule has 46 heavy (non-hydrogen) atoms. The van der Waals surface area contributed by atoms with E-state index < -0.39 is 0 Å². The highest BCUT2D eigenvalue weighted by Crippen LogP contribution is 2.40. The van der Waals surface area contributed by atoms with Crippen molar-refractivity contribution in [2.75, 3.05) is 16.8 Å². The SMILES string of the molecule is C1=C(N(c2ccc(-c3ccc4ccccc4c3)cc2)c2ccc(-c3ccc4ccccc4c3)cc2)CNc2c1oc1ccccc21. The van der Waals surface area contributed by atoms with Crippen LogP contribution >= 0.6 is 0 Å². The van der Waals surface area contributed by atoms with Crippen LogP contribution in [0.15, 0.2) is 168 Å². The number of furan rings is 1. The first-order chi connectivity index (χ1) is 22.8. The number of nitrogens with one attached hydrogen (secondary N) is 1. The fourth-order valence-electron chi connectivity index (χ4n) is 6.70. The normalized spacial score (nSPS) is 12.6. The zero-order valence-electron chi connectivity index (χ0n) is 25.2. The molecule has 0 spiro atoms. The molecule has 0 fully saturated rings. The van der Waals surface area contributed by atoms with Crippen LogP contribution < -0.4 is 10.2 Å². The molecule has 7 aromatic carbocycles. The molecule has 0 atom stereocenters. The third-order valence-corrected chi connectivity index (χ3v) is 9.07. The maximum atomic E-state index is 6.30. The van der Waals surface area contributed by atoms with Gasteiger partial charge in [0.05, 0.1) is 12.2 Å². The number of anilines is 3. The minimum Gasteiger partial charge on any atom is -0.454 e. The zero-order chi connectivity index (χ0) is 30.5. The summed E-state index contributed by atoms with van der Waals surface area (Å²) in [5.74, 6) is 0.855. The van der Waals surface area contributed by atoms with Crippen LogP contribution in [-0.4, -0.2) is 6.54 Å². The van der Waals surface area contributed by atoms with Gasteiger partial charge in [-0.3, -0.25) is 0 Å². The third-order valence-electron chi connectivity index (χ3n) is 9.07. The maximum Gasteiger partial charge on any atom is 0.153 e. The summed E-state index contributed by atoms with van der Waals surface area (Å²) in [6, 6.07) is 56.3. The Balaban J connectivity index is 1.11. The Morgan fingerprint density at radius 3 is 1.57 bits per heavy atom. The molecule has 1 aliphatic heterocycles. The largest absolute Gasteiger partial charge is 0.454 e. The van der Waals surface area contributed by atoms with Gasteiger partial charge in [-0.1, -0.05) is 109 Å². The first-order valence-electron chi connectivity index (χ1n) is 15.7. The van der Waals surface area contributed by atoms with Crippen molar-refractivity contribution in [1.29, 1.82) is 0 Å². The predicted molar refractivity (Wildman–Crippen MR) is 194 cm³/mol. The van der Waals surface area contributed by atoms with Crippen LogP contribution in [0, 0.1) is 0 Å². The van der Waals surface area contributed by atoms with Crippen LogP contribution in [0.3, 0.4) is 0 Å². The van der Waals surface area contributed by atoms with Crippen LogP contribution in [0.25, 0.3) is 60.8 Å². The van der Waals surface area contributed by atoms with Gasteiger partial charge in [-0.15, -0.1) is 0 Å². The van der Waals surface area contributed by atoms with E-state index in [2.05, 4.69) is 162 Å². The average molecular weight is 591 g/mol. The van der Waals surface area contributed by atoms with Gasteiger partial charge >= 0.3 is 0 Å². The fraction of sp³-hybridized carbons (Fsp3) is 0.0233. The van der Waals surface area contributed by atoms with E-state index in [4.69, 9.17) is 4.42 Å². The number of nitrogens with zero attached hydrogens (tertiary/aromatic N) is 1. The molecule has 1 N–H and O–H groups in total. The molecule has 0 saturated carbocycles. The van der Waals surface area contributed by atoms with Crippen molar-refractivity contribution in [3.8, 4) is 22.3 Å². The molecule has 0 aliphatic carbocycles. The second-order valence-corrected chi connectivity index (χ2v) is 11.9. The van der Waals surface area contributed by atoms with Crippen LogP contribution in [-0.2, 0) is 0 Å². The number of fused-ring (bicyclic) bond motifs is 5. The number of hydrogen-bond acceptors (Lipinski definition) is 3. The van der Waals surface area contributed by atoms with E-state index in [0.717, 1.165) is 39.5 Å². The highest BCUT2D eigenvalue weighted by molar-refractivity contribution is 5.97. The molecule has 1 aromatic heterocycles. The van der Waals surface area contributed by atoms with E-state index in [1.807, 2.05) is 12.1 Å². The molecule has 0 bridgehead atoms. The molecular weight excluding hydrogens is 560 g/mol. The van der Waals surface area contributed by atoms with Crippen molar-refractivity contribution in [3.63, 3.8) is 0 Å². The second kappa shape index (κ2) is 10.8. The quantitative estimate of drug-likeness (QED) is 0.216. The standard InChI is InChI=1S/C43H30N2O/c1-3-9-33-25-35(15-13-29(33)7-1)31-17-21-37(22-18-31)45(39-27-42-43(44-28-39)40-11-5-6-12-41(40)46-42)38-23-19-32(20-24-38)36-16-14-30-8-2-4-10-34(30)26-36/h1-27,44H,28H2. The van der Waals surface area contributed by atoms with Crippen molar-refractivity contribution in [1.82, 2.24) is 0 Å². The zero-order valence-corrected chi connectivity index (χ0v) is 25.2. The molecule has 3 heteroatoms. The van der Waals surface area contributed by atoms with E-state index in [0.29, 0.717) is 6.54 Å². The minimum absolute atomic E-state index is 0.676. The summed E-state index contributed by atoms with van der Waals surface area (Å²) in [7, 11) is 0. The Bertz CT molecular complexity index is 2290. The lowest BCUT2D eigenvalue weighted by Gasteiger charge is -2.30. The Morgan fingerprint density at radius 2 is 0.978 bits per heavy atom. The second-order valence-electron chi connectivity index (χ2n) is 11.9. The van der Waals surface area contributed by atoms with E-state index in [9.17, 15) is 0 Å². The highest BCUT2D eigenvalue weighted by atomic mass is 16.3.